The number of esters is 1. The monoisotopic (exact) mass is 672 g/mol. The van der Waals surface area contributed by atoms with Crippen LogP contribution < -0.4 is 0 Å². The predicted octanol–water partition coefficient (Wildman–Crippen LogP) is 7.57. The van der Waals surface area contributed by atoms with Gasteiger partial charge in [0.25, 0.3) is 0 Å². The summed E-state index contributed by atoms with van der Waals surface area (Å²) in [6.07, 6.45) is 16.8. The minimum absolute atomic E-state index is 0.0669. The van der Waals surface area contributed by atoms with Gasteiger partial charge in [-0.05, 0) is 153 Å². The van der Waals surface area contributed by atoms with Gasteiger partial charge in [0.05, 0.1) is 12.0 Å². The van der Waals surface area contributed by atoms with Crippen molar-refractivity contribution in [1.29, 1.82) is 0 Å². The van der Waals surface area contributed by atoms with Gasteiger partial charge in [-0.3, -0.25) is 9.59 Å². The van der Waals surface area contributed by atoms with E-state index in [1.807, 2.05) is 4.90 Å². The van der Waals surface area contributed by atoms with E-state index in [-0.39, 0.29) is 41.7 Å². The second kappa shape index (κ2) is 16.7. The minimum atomic E-state index is -0.576. The largest absolute Gasteiger partial charge is 0.462 e. The van der Waals surface area contributed by atoms with Crippen molar-refractivity contribution in [3.05, 3.63) is 11.6 Å². The fourth-order valence-electron chi connectivity index (χ4n) is 10.9. The van der Waals surface area contributed by atoms with E-state index < -0.39 is 5.60 Å². The summed E-state index contributed by atoms with van der Waals surface area (Å²) in [4.78, 5) is 32.5. The highest BCUT2D eigenvalue weighted by Crippen LogP contribution is 2.67. The zero-order valence-electron chi connectivity index (χ0n) is 32.5. The van der Waals surface area contributed by atoms with Gasteiger partial charge < -0.3 is 24.5 Å². The van der Waals surface area contributed by atoms with Crippen molar-refractivity contribution in [2.24, 2.45) is 40.4 Å². The number of amides is 1. The summed E-state index contributed by atoms with van der Waals surface area (Å²) in [6.45, 7) is 15.1. The molecule has 0 aromatic carbocycles. The molecule has 3 fully saturated rings. The van der Waals surface area contributed by atoms with Crippen LogP contribution >= 0.6 is 0 Å². The molecule has 0 aromatic rings. The summed E-state index contributed by atoms with van der Waals surface area (Å²) in [5.74, 6) is 2.99. The number of nitrogens with zero attached hydrogens (tertiary/aromatic N) is 3. The zero-order chi connectivity index (χ0) is 35.3. The van der Waals surface area contributed by atoms with Crippen LogP contribution in [0.15, 0.2) is 11.6 Å². The fraction of sp³-hybridized carbons (Fsp3) is 0.902. The summed E-state index contributed by atoms with van der Waals surface area (Å²) in [7, 11) is 8.23. The van der Waals surface area contributed by atoms with Crippen LogP contribution in [-0.2, 0) is 14.3 Å². The van der Waals surface area contributed by atoms with E-state index >= 15 is 0 Å². The summed E-state index contributed by atoms with van der Waals surface area (Å²) >= 11 is 0. The summed E-state index contributed by atoms with van der Waals surface area (Å²) in [5.41, 5.74) is 1.34. The third-order valence-corrected chi connectivity index (χ3v) is 13.5. The highest BCUT2D eigenvalue weighted by atomic mass is 16.5. The van der Waals surface area contributed by atoms with Gasteiger partial charge in [-0.2, -0.15) is 0 Å². The van der Waals surface area contributed by atoms with E-state index in [1.165, 1.54) is 31.3 Å². The smallest absolute Gasteiger partial charge is 0.306 e. The van der Waals surface area contributed by atoms with Crippen molar-refractivity contribution in [1.82, 2.24) is 14.7 Å². The first kappa shape index (κ1) is 39.3. The molecular weight excluding hydrogens is 598 g/mol. The van der Waals surface area contributed by atoms with Crippen molar-refractivity contribution in [3.8, 4) is 0 Å². The number of carbonyl (C=O) groups excluding carboxylic acids is 2. The maximum Gasteiger partial charge on any atom is 0.306 e. The van der Waals surface area contributed by atoms with Gasteiger partial charge in [0, 0.05) is 25.9 Å². The molecular formula is C41H73N3O4. The van der Waals surface area contributed by atoms with Crippen LogP contribution in [-0.4, -0.2) is 97.8 Å². The van der Waals surface area contributed by atoms with Crippen molar-refractivity contribution in [2.45, 2.75) is 143 Å². The molecule has 0 aromatic heterocycles. The molecule has 4 aliphatic carbocycles. The quantitative estimate of drug-likeness (QED) is 0.127. The molecule has 276 valence electrons. The van der Waals surface area contributed by atoms with E-state index in [1.54, 1.807) is 0 Å². The molecule has 48 heavy (non-hydrogen) atoms. The van der Waals surface area contributed by atoms with Gasteiger partial charge >= 0.3 is 5.97 Å². The molecule has 0 heterocycles. The van der Waals surface area contributed by atoms with Crippen LogP contribution in [0.1, 0.15) is 131 Å². The Morgan fingerprint density at radius 1 is 0.917 bits per heavy atom. The maximum absolute atomic E-state index is 13.2. The lowest BCUT2D eigenvalue weighted by Gasteiger charge is -2.59. The highest BCUT2D eigenvalue weighted by Gasteiger charge is 2.61. The molecule has 1 N–H and O–H groups in total. The van der Waals surface area contributed by atoms with Crippen LogP contribution in [0.25, 0.3) is 0 Å². The number of ether oxygens (including phenoxy) is 1. The van der Waals surface area contributed by atoms with E-state index in [2.05, 4.69) is 78.7 Å². The van der Waals surface area contributed by atoms with E-state index in [0.717, 1.165) is 84.0 Å². The normalized spacial score (nSPS) is 32.8. The first-order valence-corrected chi connectivity index (χ1v) is 19.8. The lowest BCUT2D eigenvalue weighted by Crippen LogP contribution is -2.53. The van der Waals surface area contributed by atoms with Crippen LogP contribution in [0, 0.1) is 40.4 Å². The molecule has 4 rings (SSSR count). The minimum Gasteiger partial charge on any atom is -0.462 e. The molecule has 7 heteroatoms. The van der Waals surface area contributed by atoms with Crippen LogP contribution in [0.2, 0.25) is 0 Å². The Labute approximate surface area is 294 Å². The van der Waals surface area contributed by atoms with Crippen LogP contribution in [0.3, 0.4) is 0 Å². The Morgan fingerprint density at radius 2 is 1.58 bits per heavy atom. The molecule has 1 amide bonds. The number of fused-ring (bicyclic) bond motifs is 5. The molecule has 0 bridgehead atoms. The molecule has 0 saturated heterocycles. The predicted molar refractivity (Wildman–Crippen MR) is 197 cm³/mol. The average Bonchev–Trinajstić information content (AvgIpc) is 3.37. The molecule has 8 atom stereocenters. The second-order valence-electron chi connectivity index (χ2n) is 18.1. The van der Waals surface area contributed by atoms with Gasteiger partial charge in [-0.15, -0.1) is 0 Å². The van der Waals surface area contributed by atoms with Crippen molar-refractivity contribution < 1.29 is 19.4 Å². The molecule has 0 radical (unpaired) electrons. The van der Waals surface area contributed by atoms with Gasteiger partial charge in [0.2, 0.25) is 5.91 Å². The number of allylic oxidation sites excluding steroid dienone is 1. The van der Waals surface area contributed by atoms with E-state index in [4.69, 9.17) is 4.74 Å². The fourth-order valence-corrected chi connectivity index (χ4v) is 10.9. The van der Waals surface area contributed by atoms with E-state index in [0.29, 0.717) is 29.6 Å². The number of rotatable bonds is 17. The topological polar surface area (TPSA) is 73.3 Å². The Bertz CT molecular complexity index is 1090. The third kappa shape index (κ3) is 9.46. The van der Waals surface area contributed by atoms with Gasteiger partial charge in [-0.1, -0.05) is 52.2 Å². The molecule has 0 aliphatic heterocycles. The molecule has 0 spiro atoms. The number of carbonyl (C=O) groups is 2. The Hall–Kier alpha value is -1.44. The third-order valence-electron chi connectivity index (χ3n) is 13.5. The summed E-state index contributed by atoms with van der Waals surface area (Å²) in [6, 6.07) is 0. The molecule has 3 saturated carbocycles. The number of aliphatic hydroxyl groups is 1. The molecule has 4 aliphatic rings. The second-order valence-corrected chi connectivity index (χ2v) is 18.1. The zero-order valence-corrected chi connectivity index (χ0v) is 32.5. The standard InChI is InChI=1S/C41H73N3O4/c1-30(2)13-10-22-41(5,47)36-17-16-34-33-15-14-31-29-32(20-23-39(31,3)35(33)21-24-40(34,36)4)48-38(46)19-18-37(45)44(27-11-25-42(6)7)28-12-26-43(8)9/h14,30,32-36,47H,10-13,15-29H2,1-9H3/t32-,33-,34-,35?,36-,39-,40-,41?/m0/s1. The first-order chi connectivity index (χ1) is 22.6. The average molecular weight is 672 g/mol. The van der Waals surface area contributed by atoms with Gasteiger partial charge in [0.1, 0.15) is 6.10 Å². The highest BCUT2D eigenvalue weighted by molar-refractivity contribution is 5.81. The lowest BCUT2D eigenvalue weighted by molar-refractivity contribution is -0.153. The Kier molecular flexibility index (Phi) is 13.7. The number of hydrogen-bond acceptors (Lipinski definition) is 6. The van der Waals surface area contributed by atoms with Crippen LogP contribution in [0.4, 0.5) is 0 Å². The summed E-state index contributed by atoms with van der Waals surface area (Å²) < 4.78 is 6.07. The van der Waals surface area contributed by atoms with Crippen molar-refractivity contribution in [3.63, 3.8) is 0 Å². The van der Waals surface area contributed by atoms with Gasteiger partial charge in [0.15, 0.2) is 0 Å². The number of hydrogen-bond donors (Lipinski definition) is 1. The maximum atomic E-state index is 13.2. The van der Waals surface area contributed by atoms with Crippen molar-refractivity contribution >= 4 is 11.9 Å². The molecule has 7 nitrogen and oxygen atoms in total. The molecule has 2 unspecified atom stereocenters. The lowest BCUT2D eigenvalue weighted by atomic mass is 9.46. The SMILES string of the molecule is CC(C)CCCC(C)(O)[C@H]1CC[C@H]2[C@@H]3CC=C4C[C@@H](OC(=O)CCC(=O)N(CCCN(C)C)CCCN(C)C)CC[C@]4(C)C3CC[C@]12C. The Morgan fingerprint density at radius 3 is 2.21 bits per heavy atom. The Balaban J connectivity index is 1.31. The van der Waals surface area contributed by atoms with Crippen molar-refractivity contribution in [2.75, 3.05) is 54.4 Å². The van der Waals surface area contributed by atoms with Crippen LogP contribution in [0.5, 0.6) is 0 Å². The van der Waals surface area contributed by atoms with E-state index in [9.17, 15) is 14.7 Å². The summed E-state index contributed by atoms with van der Waals surface area (Å²) in [5, 5.41) is 11.8. The van der Waals surface area contributed by atoms with Gasteiger partial charge in [-0.25, -0.2) is 0 Å². The first-order valence-electron chi connectivity index (χ1n) is 19.8.